The summed E-state index contributed by atoms with van der Waals surface area (Å²) in [6.45, 7) is 0.146. The van der Waals surface area contributed by atoms with E-state index in [2.05, 4.69) is 15.5 Å². The van der Waals surface area contributed by atoms with Crippen LogP contribution in [0.25, 0.3) is 16.8 Å². The minimum Gasteiger partial charge on any atom is -0.496 e. The zero-order valence-electron chi connectivity index (χ0n) is 15.3. The van der Waals surface area contributed by atoms with Gasteiger partial charge in [-0.3, -0.25) is 4.40 Å². The number of ether oxygens (including phenoxy) is 1. The fourth-order valence-electron chi connectivity index (χ4n) is 3.10. The molecule has 0 aliphatic rings. The van der Waals surface area contributed by atoms with E-state index in [-0.39, 0.29) is 12.1 Å². The summed E-state index contributed by atoms with van der Waals surface area (Å²) in [6, 6.07) is 10.2. The Balaban J connectivity index is 1.71. The first kappa shape index (κ1) is 18.6. The number of fused-ring (bicyclic) bond motifs is 1. The zero-order valence-corrected chi connectivity index (χ0v) is 15.3. The lowest BCUT2D eigenvalue weighted by Crippen LogP contribution is -2.07. The first-order chi connectivity index (χ1) is 14.0. The Morgan fingerprint density at radius 1 is 1.07 bits per heavy atom. The van der Waals surface area contributed by atoms with Gasteiger partial charge in [0.05, 0.1) is 7.11 Å². The number of nitrogens with two attached hydrogens (primary N) is 1. The van der Waals surface area contributed by atoms with Crippen molar-refractivity contribution in [2.24, 2.45) is 0 Å². The van der Waals surface area contributed by atoms with Crippen molar-refractivity contribution in [3.05, 3.63) is 71.8 Å². The fraction of sp³-hybridized carbons (Fsp3) is 0.100. The number of halogens is 3. The van der Waals surface area contributed by atoms with Crippen molar-refractivity contribution in [1.82, 2.24) is 14.6 Å². The molecular formula is C20H16F3N5O. The predicted octanol–water partition coefficient (Wildman–Crippen LogP) is 4.02. The summed E-state index contributed by atoms with van der Waals surface area (Å²) in [5, 5.41) is 11.0. The Kier molecular flexibility index (Phi) is 4.71. The highest BCUT2D eigenvalue weighted by molar-refractivity contribution is 5.80. The molecule has 0 aliphatic heterocycles. The van der Waals surface area contributed by atoms with Gasteiger partial charge in [0.1, 0.15) is 41.0 Å². The van der Waals surface area contributed by atoms with E-state index >= 15 is 0 Å². The number of anilines is 2. The first-order valence-corrected chi connectivity index (χ1v) is 8.62. The van der Waals surface area contributed by atoms with Crippen LogP contribution in [0.3, 0.4) is 0 Å². The molecule has 0 spiro atoms. The maximum absolute atomic E-state index is 14.2. The van der Waals surface area contributed by atoms with Crippen molar-refractivity contribution in [3.63, 3.8) is 0 Å². The maximum atomic E-state index is 14.2. The van der Waals surface area contributed by atoms with E-state index in [1.807, 2.05) is 0 Å². The van der Waals surface area contributed by atoms with E-state index in [0.717, 1.165) is 12.1 Å². The molecule has 2 aromatic carbocycles. The van der Waals surface area contributed by atoms with E-state index in [9.17, 15) is 13.2 Å². The van der Waals surface area contributed by atoms with Crippen LogP contribution >= 0.6 is 0 Å². The largest absolute Gasteiger partial charge is 0.496 e. The first-order valence-electron chi connectivity index (χ1n) is 8.62. The molecule has 0 radical (unpaired) electrons. The summed E-state index contributed by atoms with van der Waals surface area (Å²) in [5.74, 6) is -1.13. The number of nitrogens with one attached hydrogen (secondary N) is 1. The van der Waals surface area contributed by atoms with Gasteiger partial charge >= 0.3 is 0 Å². The van der Waals surface area contributed by atoms with Crippen molar-refractivity contribution in [2.75, 3.05) is 18.2 Å². The van der Waals surface area contributed by atoms with E-state index in [4.69, 9.17) is 10.5 Å². The number of nitrogen functional groups attached to an aromatic ring is 1. The molecule has 3 N–H and O–H groups in total. The van der Waals surface area contributed by atoms with Gasteiger partial charge in [0.25, 0.3) is 0 Å². The van der Waals surface area contributed by atoms with Gasteiger partial charge in [0.2, 0.25) is 0 Å². The number of rotatable bonds is 5. The van der Waals surface area contributed by atoms with Crippen LogP contribution in [0.1, 0.15) is 5.56 Å². The Hall–Kier alpha value is -3.75. The Morgan fingerprint density at radius 2 is 1.83 bits per heavy atom. The number of aromatic nitrogens is 3. The van der Waals surface area contributed by atoms with Gasteiger partial charge in [-0.2, -0.15) is 0 Å². The summed E-state index contributed by atoms with van der Waals surface area (Å²) in [4.78, 5) is 0. The molecular weight excluding hydrogens is 383 g/mol. The molecule has 0 saturated heterocycles. The van der Waals surface area contributed by atoms with Crippen LogP contribution in [0.4, 0.5) is 24.7 Å². The molecule has 0 bridgehead atoms. The third-order valence-corrected chi connectivity index (χ3v) is 4.59. The molecule has 6 nitrogen and oxygen atoms in total. The standard InChI is InChI=1S/C20H16F3N5O/c1-29-17-4-2-3-14(21)13(17)9-25-18-6-5-12(20-27-26-10-28(18)20)11-7-15(22)19(24)16(23)8-11/h2-8,10,25H,9,24H2,1H3. The highest BCUT2D eigenvalue weighted by atomic mass is 19.1. The molecule has 4 aromatic rings. The number of hydrogen-bond donors (Lipinski definition) is 2. The van der Waals surface area contributed by atoms with Crippen LogP contribution in [-0.4, -0.2) is 21.7 Å². The average Bonchev–Trinajstić information content (AvgIpc) is 3.20. The average molecular weight is 399 g/mol. The second-order valence-corrected chi connectivity index (χ2v) is 6.28. The van der Waals surface area contributed by atoms with Gasteiger partial charge in [0, 0.05) is 17.7 Å². The molecule has 148 valence electrons. The maximum Gasteiger partial charge on any atom is 0.170 e. The molecule has 2 aromatic heterocycles. The van der Waals surface area contributed by atoms with E-state index < -0.39 is 23.1 Å². The molecule has 29 heavy (non-hydrogen) atoms. The minimum absolute atomic E-state index is 0.146. The normalized spacial score (nSPS) is 11.0. The molecule has 4 rings (SSSR count). The van der Waals surface area contributed by atoms with Crippen molar-refractivity contribution in [3.8, 4) is 16.9 Å². The molecule has 0 atom stereocenters. The molecule has 2 heterocycles. The number of pyridine rings is 1. The van der Waals surface area contributed by atoms with Gasteiger partial charge in [-0.1, -0.05) is 6.07 Å². The van der Waals surface area contributed by atoms with Crippen LogP contribution in [0.15, 0.2) is 48.8 Å². The lowest BCUT2D eigenvalue weighted by molar-refractivity contribution is 0.405. The lowest BCUT2D eigenvalue weighted by Gasteiger charge is -2.14. The molecule has 0 unspecified atom stereocenters. The number of nitrogens with zero attached hydrogens (tertiary/aromatic N) is 3. The third-order valence-electron chi connectivity index (χ3n) is 4.59. The molecule has 0 fully saturated rings. The van der Waals surface area contributed by atoms with Crippen molar-refractivity contribution in [2.45, 2.75) is 6.54 Å². The third kappa shape index (κ3) is 3.31. The SMILES string of the molecule is COc1cccc(F)c1CNc1ccc(-c2cc(F)c(N)c(F)c2)c2nncn12. The summed E-state index contributed by atoms with van der Waals surface area (Å²) in [5.41, 5.74) is 6.28. The zero-order chi connectivity index (χ0) is 20.5. The Morgan fingerprint density at radius 3 is 2.55 bits per heavy atom. The predicted molar refractivity (Wildman–Crippen MR) is 103 cm³/mol. The Labute approximate surface area is 163 Å². The van der Waals surface area contributed by atoms with Crippen LogP contribution < -0.4 is 15.8 Å². The monoisotopic (exact) mass is 399 g/mol. The summed E-state index contributed by atoms with van der Waals surface area (Å²) in [6.07, 6.45) is 1.45. The second kappa shape index (κ2) is 7.34. The number of methoxy groups -OCH3 is 1. The smallest absolute Gasteiger partial charge is 0.170 e. The minimum atomic E-state index is -0.855. The number of hydrogen-bond acceptors (Lipinski definition) is 5. The van der Waals surface area contributed by atoms with Crippen LogP contribution in [0, 0.1) is 17.5 Å². The highest BCUT2D eigenvalue weighted by Gasteiger charge is 2.15. The van der Waals surface area contributed by atoms with E-state index in [1.54, 1.807) is 28.7 Å². The van der Waals surface area contributed by atoms with Gasteiger partial charge in [-0.05, 0) is 42.0 Å². The van der Waals surface area contributed by atoms with Crippen LogP contribution in [-0.2, 0) is 6.54 Å². The van der Waals surface area contributed by atoms with Crippen molar-refractivity contribution in [1.29, 1.82) is 0 Å². The van der Waals surface area contributed by atoms with Crippen LogP contribution in [0.5, 0.6) is 5.75 Å². The van der Waals surface area contributed by atoms with Crippen LogP contribution in [0.2, 0.25) is 0 Å². The summed E-state index contributed by atoms with van der Waals surface area (Å²) < 4.78 is 48.7. The molecule has 0 amide bonds. The quantitative estimate of drug-likeness (QED) is 0.496. The summed E-state index contributed by atoms with van der Waals surface area (Å²) in [7, 11) is 1.47. The van der Waals surface area contributed by atoms with Crippen molar-refractivity contribution >= 4 is 17.2 Å². The fourth-order valence-corrected chi connectivity index (χ4v) is 3.10. The van der Waals surface area contributed by atoms with Gasteiger partial charge in [-0.15, -0.1) is 10.2 Å². The Bertz CT molecular complexity index is 1190. The molecule has 0 aliphatic carbocycles. The number of benzene rings is 2. The highest BCUT2D eigenvalue weighted by Crippen LogP contribution is 2.30. The van der Waals surface area contributed by atoms with E-state index in [1.165, 1.54) is 19.5 Å². The van der Waals surface area contributed by atoms with Gasteiger partial charge in [0.15, 0.2) is 5.65 Å². The van der Waals surface area contributed by atoms with E-state index in [0.29, 0.717) is 28.3 Å². The topological polar surface area (TPSA) is 77.5 Å². The molecule has 0 saturated carbocycles. The van der Waals surface area contributed by atoms with Gasteiger partial charge in [-0.25, -0.2) is 13.2 Å². The lowest BCUT2D eigenvalue weighted by atomic mass is 10.1. The van der Waals surface area contributed by atoms with Crippen molar-refractivity contribution < 1.29 is 17.9 Å². The van der Waals surface area contributed by atoms with Gasteiger partial charge < -0.3 is 15.8 Å². The second-order valence-electron chi connectivity index (χ2n) is 6.28. The summed E-state index contributed by atoms with van der Waals surface area (Å²) >= 11 is 0. The molecule has 9 heteroatoms.